The molecule has 2 atom stereocenters. The maximum absolute atomic E-state index is 12.2. The molecule has 2 unspecified atom stereocenters. The van der Waals surface area contributed by atoms with Gasteiger partial charge < -0.3 is 5.11 Å². The predicted octanol–water partition coefficient (Wildman–Crippen LogP) is 0.109. The van der Waals surface area contributed by atoms with E-state index in [0.29, 0.717) is 19.3 Å². The molecular formula is C9H13BrN4O4S. The van der Waals surface area contributed by atoms with Crippen LogP contribution in [-0.2, 0) is 21.9 Å². The lowest BCUT2D eigenvalue weighted by Gasteiger charge is -2.17. The van der Waals surface area contributed by atoms with Gasteiger partial charge in [-0.2, -0.15) is 0 Å². The molecule has 1 saturated carbocycles. The molecule has 8 nitrogen and oxygen atoms in total. The van der Waals surface area contributed by atoms with Crippen molar-refractivity contribution in [1.82, 2.24) is 19.7 Å². The number of hydrogen-bond acceptors (Lipinski definition) is 5. The van der Waals surface area contributed by atoms with Crippen molar-refractivity contribution in [2.75, 3.05) is 0 Å². The van der Waals surface area contributed by atoms with Crippen molar-refractivity contribution in [3.63, 3.8) is 0 Å². The Labute approximate surface area is 118 Å². The van der Waals surface area contributed by atoms with Crippen LogP contribution in [0.25, 0.3) is 0 Å². The number of aryl methyl sites for hydroxylation is 1. The summed E-state index contributed by atoms with van der Waals surface area (Å²) in [6, 6.07) is -0.593. The van der Waals surface area contributed by atoms with Crippen molar-refractivity contribution in [1.29, 1.82) is 0 Å². The number of hydrogen-bond donors (Lipinski definition) is 2. The number of nitrogens with zero attached hydrogens (tertiary/aromatic N) is 3. The lowest BCUT2D eigenvalue weighted by atomic mass is 10.1. The van der Waals surface area contributed by atoms with Crippen LogP contribution in [-0.4, -0.2) is 40.5 Å². The molecule has 0 spiro atoms. The summed E-state index contributed by atoms with van der Waals surface area (Å²) >= 11 is 3.02. The largest absolute Gasteiger partial charge is 0.481 e. The third-order valence-electron chi connectivity index (χ3n) is 3.13. The van der Waals surface area contributed by atoms with Crippen LogP contribution in [0.4, 0.5) is 0 Å². The monoisotopic (exact) mass is 352 g/mol. The molecule has 1 aromatic rings. The van der Waals surface area contributed by atoms with E-state index in [0.717, 1.165) is 4.68 Å². The number of carboxylic acids is 1. The van der Waals surface area contributed by atoms with E-state index >= 15 is 0 Å². The molecule has 0 amide bonds. The van der Waals surface area contributed by atoms with Gasteiger partial charge in [0.05, 0.1) is 5.92 Å². The highest BCUT2D eigenvalue weighted by Crippen LogP contribution is 2.28. The number of aliphatic carboxylic acids is 1. The molecule has 19 heavy (non-hydrogen) atoms. The summed E-state index contributed by atoms with van der Waals surface area (Å²) < 4.78 is 28.1. The number of sulfonamides is 1. The van der Waals surface area contributed by atoms with Crippen molar-refractivity contribution in [2.45, 2.75) is 30.3 Å². The van der Waals surface area contributed by atoms with Gasteiger partial charge in [-0.15, -0.1) is 5.10 Å². The number of halogens is 1. The average molecular weight is 353 g/mol. The van der Waals surface area contributed by atoms with Crippen molar-refractivity contribution in [3.05, 3.63) is 4.60 Å². The summed E-state index contributed by atoms with van der Waals surface area (Å²) in [4.78, 5) is 11.0. The third-order valence-corrected chi connectivity index (χ3v) is 5.51. The van der Waals surface area contributed by atoms with E-state index in [1.807, 2.05) is 0 Å². The van der Waals surface area contributed by atoms with Gasteiger partial charge in [-0.1, -0.05) is 11.6 Å². The number of carbonyl (C=O) groups is 1. The zero-order chi connectivity index (χ0) is 14.2. The van der Waals surface area contributed by atoms with Gasteiger partial charge in [0.2, 0.25) is 5.03 Å². The van der Waals surface area contributed by atoms with Crippen LogP contribution in [0.3, 0.4) is 0 Å². The van der Waals surface area contributed by atoms with Crippen LogP contribution >= 0.6 is 15.9 Å². The molecular weight excluding hydrogens is 340 g/mol. The molecule has 0 aliphatic heterocycles. The van der Waals surface area contributed by atoms with Gasteiger partial charge in [-0.3, -0.25) is 4.79 Å². The Hall–Kier alpha value is -1.00. The van der Waals surface area contributed by atoms with Crippen molar-refractivity contribution < 1.29 is 18.3 Å². The molecule has 1 fully saturated rings. The molecule has 2 rings (SSSR count). The average Bonchev–Trinajstić information content (AvgIpc) is 2.85. The molecule has 106 valence electrons. The zero-order valence-corrected chi connectivity index (χ0v) is 12.5. The molecule has 0 saturated heterocycles. The topological polar surface area (TPSA) is 114 Å². The van der Waals surface area contributed by atoms with Gasteiger partial charge in [-0.05, 0) is 28.8 Å². The first-order valence-electron chi connectivity index (χ1n) is 5.63. The Morgan fingerprint density at radius 3 is 2.74 bits per heavy atom. The third kappa shape index (κ3) is 2.79. The molecule has 1 aromatic heterocycles. The number of aromatic nitrogens is 3. The molecule has 2 N–H and O–H groups in total. The first-order chi connectivity index (χ1) is 8.83. The molecule has 10 heteroatoms. The number of carboxylic acid groups (broad SMARTS) is 1. The summed E-state index contributed by atoms with van der Waals surface area (Å²) in [7, 11) is -2.40. The van der Waals surface area contributed by atoms with E-state index in [2.05, 4.69) is 31.0 Å². The second kappa shape index (κ2) is 5.17. The van der Waals surface area contributed by atoms with E-state index < -0.39 is 28.0 Å². The van der Waals surface area contributed by atoms with E-state index in [4.69, 9.17) is 5.11 Å². The number of nitrogens with one attached hydrogen (secondary N) is 1. The van der Waals surface area contributed by atoms with E-state index in [1.54, 1.807) is 0 Å². The van der Waals surface area contributed by atoms with Crippen molar-refractivity contribution in [3.8, 4) is 0 Å². The Morgan fingerprint density at radius 2 is 2.21 bits per heavy atom. The molecule has 1 heterocycles. The first-order valence-corrected chi connectivity index (χ1v) is 7.91. The highest BCUT2D eigenvalue weighted by Gasteiger charge is 2.37. The van der Waals surface area contributed by atoms with E-state index in [9.17, 15) is 13.2 Å². The van der Waals surface area contributed by atoms with Crippen LogP contribution in [0.5, 0.6) is 0 Å². The second-order valence-corrected chi connectivity index (χ2v) is 6.79. The summed E-state index contributed by atoms with van der Waals surface area (Å²) in [6.45, 7) is 0. The number of rotatable bonds is 4. The lowest BCUT2D eigenvalue weighted by Crippen LogP contribution is -2.40. The standard InChI is InChI=1S/C9H13BrN4O4S/c1-14-8(7(10)11-13-14)19(17,18)12-6-4-2-3-5(6)9(15)16/h5-6,12H,2-4H2,1H3,(H,15,16). The smallest absolute Gasteiger partial charge is 0.308 e. The summed E-state index contributed by atoms with van der Waals surface area (Å²) in [5.74, 6) is -1.66. The van der Waals surface area contributed by atoms with E-state index in [-0.39, 0.29) is 9.63 Å². The van der Waals surface area contributed by atoms with E-state index in [1.165, 1.54) is 7.05 Å². The Balaban J connectivity index is 2.25. The van der Waals surface area contributed by atoms with Crippen molar-refractivity contribution in [2.24, 2.45) is 13.0 Å². The van der Waals surface area contributed by atoms with Gasteiger partial charge in [-0.25, -0.2) is 17.8 Å². The summed E-state index contributed by atoms with van der Waals surface area (Å²) in [6.07, 6.45) is 1.68. The molecule has 1 aliphatic carbocycles. The quantitative estimate of drug-likeness (QED) is 0.794. The maximum Gasteiger partial charge on any atom is 0.308 e. The minimum absolute atomic E-state index is 0.104. The van der Waals surface area contributed by atoms with Crippen LogP contribution in [0.2, 0.25) is 0 Å². The first kappa shape index (κ1) is 14.4. The SMILES string of the molecule is Cn1nnc(Br)c1S(=O)(=O)NC1CCCC1C(=O)O. The fourth-order valence-corrected chi connectivity index (χ4v) is 4.67. The lowest BCUT2D eigenvalue weighted by molar-refractivity contribution is -0.141. The van der Waals surface area contributed by atoms with Gasteiger partial charge in [0.1, 0.15) is 0 Å². The Kier molecular flexibility index (Phi) is 3.92. The minimum Gasteiger partial charge on any atom is -0.481 e. The minimum atomic E-state index is -3.85. The van der Waals surface area contributed by atoms with Gasteiger partial charge in [0.15, 0.2) is 4.60 Å². The van der Waals surface area contributed by atoms with Crippen LogP contribution in [0.15, 0.2) is 9.63 Å². The molecule has 0 bridgehead atoms. The maximum atomic E-state index is 12.2. The normalized spacial score (nSPS) is 23.7. The highest BCUT2D eigenvalue weighted by molar-refractivity contribution is 9.10. The fourth-order valence-electron chi connectivity index (χ4n) is 2.26. The summed E-state index contributed by atoms with van der Waals surface area (Å²) in [5.41, 5.74) is 0. The van der Waals surface area contributed by atoms with Gasteiger partial charge in [0, 0.05) is 13.1 Å². The Bertz CT molecular complexity index is 580. The van der Waals surface area contributed by atoms with Crippen LogP contribution in [0.1, 0.15) is 19.3 Å². The fraction of sp³-hybridized carbons (Fsp3) is 0.667. The zero-order valence-electron chi connectivity index (χ0n) is 10.1. The predicted molar refractivity (Wildman–Crippen MR) is 67.8 cm³/mol. The van der Waals surface area contributed by atoms with Crippen LogP contribution < -0.4 is 4.72 Å². The van der Waals surface area contributed by atoms with Crippen LogP contribution in [0, 0.1) is 5.92 Å². The Morgan fingerprint density at radius 1 is 1.53 bits per heavy atom. The molecule has 0 radical (unpaired) electrons. The highest BCUT2D eigenvalue weighted by atomic mass is 79.9. The van der Waals surface area contributed by atoms with Crippen molar-refractivity contribution >= 4 is 31.9 Å². The van der Waals surface area contributed by atoms with Gasteiger partial charge in [0.25, 0.3) is 10.0 Å². The second-order valence-electron chi connectivity index (χ2n) is 4.41. The molecule has 0 aromatic carbocycles. The summed E-state index contributed by atoms with van der Waals surface area (Å²) in [5, 5.41) is 16.1. The van der Waals surface area contributed by atoms with Gasteiger partial charge >= 0.3 is 5.97 Å². The molecule has 1 aliphatic rings.